The molecule has 0 aliphatic heterocycles. The second-order valence-electron chi connectivity index (χ2n) is 5.97. The molecule has 2 aromatic carbocycles. The van der Waals surface area contributed by atoms with Gasteiger partial charge in [-0.3, -0.25) is 10.1 Å². The number of benzene rings is 2. The number of rotatable bonds is 6. The van der Waals surface area contributed by atoms with Crippen LogP contribution in [-0.2, 0) is 6.42 Å². The highest BCUT2D eigenvalue weighted by molar-refractivity contribution is 5.96. The van der Waals surface area contributed by atoms with Crippen molar-refractivity contribution >= 4 is 22.3 Å². The van der Waals surface area contributed by atoms with Crippen molar-refractivity contribution in [1.82, 2.24) is 4.98 Å². The van der Waals surface area contributed by atoms with Crippen LogP contribution in [0.3, 0.4) is 0 Å². The first kappa shape index (κ1) is 16.9. The van der Waals surface area contributed by atoms with Gasteiger partial charge >= 0.3 is 0 Å². The lowest BCUT2D eigenvalue weighted by Crippen LogP contribution is -2.22. The van der Waals surface area contributed by atoms with Crippen molar-refractivity contribution in [2.45, 2.75) is 19.4 Å². The van der Waals surface area contributed by atoms with E-state index in [2.05, 4.69) is 10.3 Å². The van der Waals surface area contributed by atoms with Crippen LogP contribution in [-0.4, -0.2) is 27.7 Å². The van der Waals surface area contributed by atoms with Crippen molar-refractivity contribution in [3.05, 3.63) is 76.0 Å². The number of aryl methyl sites for hydroxylation is 1. The number of aromatic nitrogens is 1. The number of para-hydroxylation sites is 1. The lowest BCUT2D eigenvalue weighted by molar-refractivity contribution is -0.383. The Morgan fingerprint density at radius 2 is 1.96 bits per heavy atom. The summed E-state index contributed by atoms with van der Waals surface area (Å²) in [5.41, 5.74) is 2.81. The zero-order valence-electron chi connectivity index (χ0n) is 13.8. The second-order valence-corrected chi connectivity index (χ2v) is 5.97. The van der Waals surface area contributed by atoms with Crippen LogP contribution in [0.4, 0.5) is 11.4 Å². The summed E-state index contributed by atoms with van der Waals surface area (Å²) in [5, 5.41) is 25.3. The fourth-order valence-corrected chi connectivity index (χ4v) is 2.84. The summed E-state index contributed by atoms with van der Waals surface area (Å²) in [6.07, 6.45) is -0.0275. The molecule has 0 amide bonds. The van der Waals surface area contributed by atoms with Gasteiger partial charge in [-0.05, 0) is 18.6 Å². The predicted molar refractivity (Wildman–Crippen MR) is 97.8 cm³/mol. The van der Waals surface area contributed by atoms with E-state index in [-0.39, 0.29) is 5.69 Å². The Bertz CT molecular complexity index is 897. The van der Waals surface area contributed by atoms with Gasteiger partial charge in [0, 0.05) is 35.8 Å². The maximum absolute atomic E-state index is 11.2. The van der Waals surface area contributed by atoms with Crippen molar-refractivity contribution in [2.75, 3.05) is 11.9 Å². The van der Waals surface area contributed by atoms with Crippen LogP contribution in [0.5, 0.6) is 0 Å². The minimum Gasteiger partial charge on any atom is -0.391 e. The van der Waals surface area contributed by atoms with E-state index in [9.17, 15) is 15.2 Å². The smallest absolute Gasteiger partial charge is 0.295 e. The molecule has 0 radical (unpaired) electrons. The zero-order valence-corrected chi connectivity index (χ0v) is 13.8. The van der Waals surface area contributed by atoms with Crippen molar-refractivity contribution < 1.29 is 10.0 Å². The van der Waals surface area contributed by atoms with Crippen molar-refractivity contribution in [3.63, 3.8) is 0 Å². The molecule has 0 saturated carbocycles. The fraction of sp³-hybridized carbons (Fsp3) is 0.211. The summed E-state index contributed by atoms with van der Waals surface area (Å²) in [6.45, 7) is 2.14. The van der Waals surface area contributed by atoms with Gasteiger partial charge in [0.2, 0.25) is 0 Å². The molecule has 1 aromatic heterocycles. The van der Waals surface area contributed by atoms with Crippen LogP contribution in [0.1, 0.15) is 11.3 Å². The van der Waals surface area contributed by atoms with Crippen molar-refractivity contribution in [3.8, 4) is 0 Å². The van der Waals surface area contributed by atoms with E-state index in [0.717, 1.165) is 11.3 Å². The first-order chi connectivity index (χ1) is 12.0. The topological polar surface area (TPSA) is 88.3 Å². The molecular formula is C19H19N3O3. The van der Waals surface area contributed by atoms with Gasteiger partial charge in [-0.1, -0.05) is 42.5 Å². The number of nitro groups is 1. The van der Waals surface area contributed by atoms with Crippen LogP contribution >= 0.6 is 0 Å². The van der Waals surface area contributed by atoms with Crippen LogP contribution in [0.2, 0.25) is 0 Å². The quantitative estimate of drug-likeness (QED) is 0.531. The summed E-state index contributed by atoms with van der Waals surface area (Å²) in [6, 6.07) is 16.5. The van der Waals surface area contributed by atoms with Crippen molar-refractivity contribution in [2.24, 2.45) is 0 Å². The molecule has 3 aromatic rings. The number of nitrogens with one attached hydrogen (secondary N) is 1. The molecule has 1 unspecified atom stereocenters. The Morgan fingerprint density at radius 1 is 1.20 bits per heavy atom. The summed E-state index contributed by atoms with van der Waals surface area (Å²) in [4.78, 5) is 15.1. The number of hydrogen-bond donors (Lipinski definition) is 2. The minimum absolute atomic E-state index is 0.0194. The van der Waals surface area contributed by atoms with E-state index in [0.29, 0.717) is 29.6 Å². The predicted octanol–water partition coefficient (Wildman–Crippen LogP) is 3.47. The number of nitrogens with zero attached hydrogens (tertiary/aromatic N) is 2. The number of aliphatic hydroxyl groups is 1. The molecule has 0 aliphatic carbocycles. The lowest BCUT2D eigenvalue weighted by atomic mass is 10.1. The molecule has 0 bridgehead atoms. The van der Waals surface area contributed by atoms with Gasteiger partial charge in [0.25, 0.3) is 5.69 Å². The molecule has 2 N–H and O–H groups in total. The van der Waals surface area contributed by atoms with Gasteiger partial charge in [-0.25, -0.2) is 4.98 Å². The largest absolute Gasteiger partial charge is 0.391 e. The van der Waals surface area contributed by atoms with Crippen LogP contribution < -0.4 is 5.32 Å². The third-order valence-electron chi connectivity index (χ3n) is 3.99. The molecule has 0 aliphatic rings. The third kappa shape index (κ3) is 3.92. The van der Waals surface area contributed by atoms with E-state index in [1.54, 1.807) is 19.1 Å². The Hall–Kier alpha value is -2.99. The number of non-ortho nitro benzene ring substituents is 1. The maximum atomic E-state index is 11.2. The monoisotopic (exact) mass is 337 g/mol. The molecule has 0 saturated heterocycles. The van der Waals surface area contributed by atoms with E-state index in [1.807, 2.05) is 36.4 Å². The first-order valence-corrected chi connectivity index (χ1v) is 8.05. The molecule has 128 valence electrons. The number of nitro benzene ring substituents is 1. The Balaban J connectivity index is 1.81. The van der Waals surface area contributed by atoms with E-state index in [4.69, 9.17) is 0 Å². The van der Waals surface area contributed by atoms with E-state index >= 15 is 0 Å². The molecule has 25 heavy (non-hydrogen) atoms. The summed E-state index contributed by atoms with van der Waals surface area (Å²) >= 11 is 0. The average molecular weight is 337 g/mol. The Morgan fingerprint density at radius 3 is 2.68 bits per heavy atom. The summed E-state index contributed by atoms with van der Waals surface area (Å²) in [7, 11) is 0. The molecular weight excluding hydrogens is 318 g/mol. The van der Waals surface area contributed by atoms with Crippen LogP contribution in [0, 0.1) is 17.0 Å². The van der Waals surface area contributed by atoms with Gasteiger partial charge in [0.05, 0.1) is 11.0 Å². The zero-order chi connectivity index (χ0) is 17.8. The highest BCUT2D eigenvalue weighted by Crippen LogP contribution is 2.29. The molecule has 6 nitrogen and oxygen atoms in total. The van der Waals surface area contributed by atoms with Crippen molar-refractivity contribution in [1.29, 1.82) is 0 Å². The third-order valence-corrected chi connectivity index (χ3v) is 3.99. The molecule has 0 spiro atoms. The second kappa shape index (κ2) is 7.27. The van der Waals surface area contributed by atoms with Gasteiger partial charge in [-0.2, -0.15) is 0 Å². The average Bonchev–Trinajstić information content (AvgIpc) is 2.59. The summed E-state index contributed by atoms with van der Waals surface area (Å²) < 4.78 is 0. The number of aliphatic hydroxyl groups excluding tert-OH is 1. The normalized spacial score (nSPS) is 12.1. The number of anilines is 1. The fourth-order valence-electron chi connectivity index (χ4n) is 2.84. The number of fused-ring (bicyclic) bond motifs is 1. The van der Waals surface area contributed by atoms with Gasteiger partial charge in [-0.15, -0.1) is 0 Å². The number of hydrogen-bond acceptors (Lipinski definition) is 5. The Kier molecular flexibility index (Phi) is 4.90. The lowest BCUT2D eigenvalue weighted by Gasteiger charge is -2.15. The molecule has 3 rings (SSSR count). The van der Waals surface area contributed by atoms with E-state index in [1.165, 1.54) is 6.07 Å². The summed E-state index contributed by atoms with van der Waals surface area (Å²) in [5.74, 6) is 0. The SMILES string of the molecule is Cc1cc(NCC(O)Cc2ccccc2)c2cccc([N+](=O)[O-])c2n1. The van der Waals surface area contributed by atoms with Gasteiger partial charge in [0.15, 0.2) is 5.52 Å². The standard InChI is InChI=1S/C19H19N3O3/c1-13-10-17(16-8-5-9-18(22(24)25)19(16)21-13)20-12-15(23)11-14-6-3-2-4-7-14/h2-10,15,23H,11-12H2,1H3,(H,20,21). The van der Waals surface area contributed by atoms with Crippen LogP contribution in [0.15, 0.2) is 54.6 Å². The minimum atomic E-state index is -0.565. The number of pyridine rings is 1. The highest BCUT2D eigenvalue weighted by Gasteiger charge is 2.16. The van der Waals surface area contributed by atoms with E-state index < -0.39 is 11.0 Å². The molecule has 6 heteroatoms. The molecule has 1 heterocycles. The van der Waals surface area contributed by atoms with Gasteiger partial charge < -0.3 is 10.4 Å². The molecule has 0 fully saturated rings. The maximum Gasteiger partial charge on any atom is 0.295 e. The molecule has 1 atom stereocenters. The highest BCUT2D eigenvalue weighted by atomic mass is 16.6. The van der Waals surface area contributed by atoms with Crippen LogP contribution in [0.25, 0.3) is 10.9 Å². The van der Waals surface area contributed by atoms with Gasteiger partial charge in [0.1, 0.15) is 0 Å². The first-order valence-electron chi connectivity index (χ1n) is 8.05. The Labute approximate surface area is 145 Å².